The van der Waals surface area contributed by atoms with Gasteiger partial charge in [0.2, 0.25) is 0 Å². The van der Waals surface area contributed by atoms with Gasteiger partial charge < -0.3 is 9.67 Å². The van der Waals surface area contributed by atoms with Crippen LogP contribution in [0, 0.1) is 20.8 Å². The first-order valence-electron chi connectivity index (χ1n) is 8.34. The van der Waals surface area contributed by atoms with Gasteiger partial charge in [0, 0.05) is 28.2 Å². The van der Waals surface area contributed by atoms with E-state index in [2.05, 4.69) is 46.3 Å². The zero-order valence-corrected chi connectivity index (χ0v) is 15.0. The number of phenolic OH excluding ortho intramolecular Hbond substituents is 1. The van der Waals surface area contributed by atoms with Crippen LogP contribution in [0.5, 0.6) is 5.75 Å². The van der Waals surface area contributed by atoms with Gasteiger partial charge in [0.1, 0.15) is 5.75 Å². The van der Waals surface area contributed by atoms with Crippen molar-refractivity contribution in [3.8, 4) is 11.4 Å². The van der Waals surface area contributed by atoms with Crippen molar-refractivity contribution in [2.24, 2.45) is 5.10 Å². The molecule has 0 bridgehead atoms. The van der Waals surface area contributed by atoms with E-state index < -0.39 is 0 Å². The third-order valence-corrected chi connectivity index (χ3v) is 4.26. The highest BCUT2D eigenvalue weighted by Crippen LogP contribution is 2.20. The Kier molecular flexibility index (Phi) is 4.89. The molecule has 0 radical (unpaired) electrons. The number of nitrogens with zero attached hydrogens (tertiary/aromatic N) is 2. The minimum Gasteiger partial charge on any atom is -0.508 e. The number of aryl methyl sites for hydroxylation is 2. The molecule has 0 saturated heterocycles. The largest absolute Gasteiger partial charge is 0.508 e. The van der Waals surface area contributed by atoms with E-state index in [0.717, 1.165) is 22.6 Å². The Balaban J connectivity index is 1.77. The van der Waals surface area contributed by atoms with Gasteiger partial charge in [-0.05, 0) is 63.2 Å². The van der Waals surface area contributed by atoms with Crippen molar-refractivity contribution in [2.75, 3.05) is 0 Å². The maximum Gasteiger partial charge on any atom is 0.271 e. The van der Waals surface area contributed by atoms with E-state index in [4.69, 9.17) is 0 Å². The SMILES string of the molecule is Cc1ccc(-n2c(C)cc(/C=N\NC(=O)c3ccc(O)cc3)c2C)cc1. The standard InChI is InChI=1S/C21H21N3O2/c1-14-4-8-19(9-5-14)24-15(2)12-18(16(24)3)13-22-23-21(26)17-6-10-20(25)11-7-17/h4-13,25H,1-3H3,(H,23,26)/b22-13-. The lowest BCUT2D eigenvalue weighted by Crippen LogP contribution is -2.17. The maximum absolute atomic E-state index is 12.0. The first-order valence-corrected chi connectivity index (χ1v) is 8.34. The van der Waals surface area contributed by atoms with Crippen molar-refractivity contribution in [1.29, 1.82) is 0 Å². The van der Waals surface area contributed by atoms with Crippen molar-refractivity contribution in [2.45, 2.75) is 20.8 Å². The lowest BCUT2D eigenvalue weighted by molar-refractivity contribution is 0.0955. The third-order valence-electron chi connectivity index (χ3n) is 4.26. The summed E-state index contributed by atoms with van der Waals surface area (Å²) in [6.45, 7) is 6.13. The zero-order chi connectivity index (χ0) is 18.7. The molecule has 3 aromatic rings. The number of hydrazone groups is 1. The Morgan fingerprint density at radius 3 is 2.35 bits per heavy atom. The molecule has 5 nitrogen and oxygen atoms in total. The van der Waals surface area contributed by atoms with Gasteiger partial charge in [-0.15, -0.1) is 0 Å². The van der Waals surface area contributed by atoms with Crippen molar-refractivity contribution in [3.05, 3.63) is 82.7 Å². The summed E-state index contributed by atoms with van der Waals surface area (Å²) in [4.78, 5) is 12.0. The lowest BCUT2D eigenvalue weighted by Gasteiger charge is -2.09. The van der Waals surface area contributed by atoms with Gasteiger partial charge in [0.15, 0.2) is 0 Å². The second kappa shape index (κ2) is 7.27. The molecule has 0 saturated carbocycles. The van der Waals surface area contributed by atoms with E-state index in [1.54, 1.807) is 18.3 Å². The Bertz CT molecular complexity index is 952. The van der Waals surface area contributed by atoms with Crippen LogP contribution in [0.3, 0.4) is 0 Å². The molecule has 0 atom stereocenters. The Morgan fingerprint density at radius 1 is 1.04 bits per heavy atom. The number of carbonyl (C=O) groups is 1. The summed E-state index contributed by atoms with van der Waals surface area (Å²) in [6, 6.07) is 16.4. The quantitative estimate of drug-likeness (QED) is 0.556. The summed E-state index contributed by atoms with van der Waals surface area (Å²) in [5.74, 6) is -0.206. The zero-order valence-electron chi connectivity index (χ0n) is 15.0. The van der Waals surface area contributed by atoms with Crippen molar-refractivity contribution < 1.29 is 9.90 Å². The molecule has 0 unspecified atom stereocenters. The molecule has 2 aromatic carbocycles. The minimum atomic E-state index is -0.325. The van der Waals surface area contributed by atoms with Crippen LogP contribution in [0.25, 0.3) is 5.69 Å². The molecule has 1 aromatic heterocycles. The average molecular weight is 347 g/mol. The predicted octanol–water partition coefficient (Wildman–Crippen LogP) is 3.87. The fraction of sp³-hybridized carbons (Fsp3) is 0.143. The second-order valence-corrected chi connectivity index (χ2v) is 6.24. The molecule has 1 heterocycles. The average Bonchev–Trinajstić information content (AvgIpc) is 2.90. The number of hydrogen-bond donors (Lipinski definition) is 2. The Hall–Kier alpha value is -3.34. The number of carbonyl (C=O) groups excluding carboxylic acids is 1. The van der Waals surface area contributed by atoms with Crippen LogP contribution >= 0.6 is 0 Å². The van der Waals surface area contributed by atoms with Crippen LogP contribution < -0.4 is 5.43 Å². The summed E-state index contributed by atoms with van der Waals surface area (Å²) in [7, 11) is 0. The number of benzene rings is 2. The van der Waals surface area contributed by atoms with Gasteiger partial charge in [-0.25, -0.2) is 5.43 Å². The number of phenols is 1. The molecule has 3 rings (SSSR count). The molecule has 132 valence electrons. The van der Waals surface area contributed by atoms with E-state index in [-0.39, 0.29) is 11.7 Å². The van der Waals surface area contributed by atoms with Crippen molar-refractivity contribution >= 4 is 12.1 Å². The number of nitrogens with one attached hydrogen (secondary N) is 1. The number of hydrogen-bond acceptors (Lipinski definition) is 3. The monoisotopic (exact) mass is 347 g/mol. The van der Waals surface area contributed by atoms with Crippen molar-refractivity contribution in [3.63, 3.8) is 0 Å². The van der Waals surface area contributed by atoms with E-state index in [1.807, 2.05) is 19.9 Å². The van der Waals surface area contributed by atoms with Crippen LogP contribution in [0.2, 0.25) is 0 Å². The number of aromatic hydroxyl groups is 1. The summed E-state index contributed by atoms with van der Waals surface area (Å²) in [5.41, 5.74) is 8.34. The fourth-order valence-corrected chi connectivity index (χ4v) is 2.85. The van der Waals surface area contributed by atoms with E-state index in [1.165, 1.54) is 17.7 Å². The molecular formula is C21H21N3O2. The summed E-state index contributed by atoms with van der Waals surface area (Å²) < 4.78 is 2.16. The summed E-state index contributed by atoms with van der Waals surface area (Å²) in [5, 5.41) is 13.3. The van der Waals surface area contributed by atoms with Crippen LogP contribution in [0.4, 0.5) is 0 Å². The molecule has 0 aliphatic rings. The summed E-state index contributed by atoms with van der Waals surface area (Å²) in [6.07, 6.45) is 1.64. The first-order chi connectivity index (χ1) is 12.5. The Morgan fingerprint density at radius 2 is 1.69 bits per heavy atom. The molecule has 5 heteroatoms. The predicted molar refractivity (Wildman–Crippen MR) is 103 cm³/mol. The van der Waals surface area contributed by atoms with Crippen molar-refractivity contribution in [1.82, 2.24) is 9.99 Å². The minimum absolute atomic E-state index is 0.119. The van der Waals surface area contributed by atoms with Crippen LogP contribution in [-0.4, -0.2) is 21.8 Å². The molecular weight excluding hydrogens is 326 g/mol. The van der Waals surface area contributed by atoms with Crippen LogP contribution in [-0.2, 0) is 0 Å². The normalized spacial score (nSPS) is 11.0. The molecule has 1 amide bonds. The molecule has 0 aliphatic carbocycles. The molecule has 2 N–H and O–H groups in total. The molecule has 0 fully saturated rings. The Labute approximate surface area is 152 Å². The van der Waals surface area contributed by atoms with E-state index in [9.17, 15) is 9.90 Å². The van der Waals surface area contributed by atoms with Gasteiger partial charge in [-0.2, -0.15) is 5.10 Å². The van der Waals surface area contributed by atoms with Gasteiger partial charge in [-0.3, -0.25) is 4.79 Å². The van der Waals surface area contributed by atoms with Crippen LogP contribution in [0.1, 0.15) is 32.9 Å². The molecule has 0 aliphatic heterocycles. The second-order valence-electron chi connectivity index (χ2n) is 6.24. The highest BCUT2D eigenvalue weighted by molar-refractivity contribution is 5.95. The highest BCUT2D eigenvalue weighted by Gasteiger charge is 2.09. The highest BCUT2D eigenvalue weighted by atomic mass is 16.3. The summed E-state index contributed by atoms with van der Waals surface area (Å²) >= 11 is 0. The third kappa shape index (κ3) is 3.67. The molecule has 26 heavy (non-hydrogen) atoms. The lowest BCUT2D eigenvalue weighted by atomic mass is 10.2. The number of aromatic nitrogens is 1. The van der Waals surface area contributed by atoms with Gasteiger partial charge >= 0.3 is 0 Å². The topological polar surface area (TPSA) is 66.6 Å². The van der Waals surface area contributed by atoms with Gasteiger partial charge in [-0.1, -0.05) is 17.7 Å². The number of rotatable bonds is 4. The smallest absolute Gasteiger partial charge is 0.271 e. The van der Waals surface area contributed by atoms with Crippen LogP contribution in [0.15, 0.2) is 59.7 Å². The van der Waals surface area contributed by atoms with E-state index >= 15 is 0 Å². The number of amides is 1. The van der Waals surface area contributed by atoms with E-state index in [0.29, 0.717) is 5.56 Å². The fourth-order valence-electron chi connectivity index (χ4n) is 2.85. The van der Waals surface area contributed by atoms with Gasteiger partial charge in [0.25, 0.3) is 5.91 Å². The molecule has 0 spiro atoms. The van der Waals surface area contributed by atoms with Gasteiger partial charge in [0.05, 0.1) is 6.21 Å². The first kappa shape index (κ1) is 17.5. The maximum atomic E-state index is 12.0.